The van der Waals surface area contributed by atoms with Crippen molar-refractivity contribution in [2.24, 2.45) is 0 Å². The summed E-state index contributed by atoms with van der Waals surface area (Å²) >= 11 is 0. The number of fused-ring (bicyclic) bond motifs is 1. The minimum atomic E-state index is -0.127. The van der Waals surface area contributed by atoms with Gasteiger partial charge in [0.1, 0.15) is 5.58 Å². The fraction of sp³-hybridized carbons (Fsp3) is 0.357. The predicted molar refractivity (Wildman–Crippen MR) is 76.9 cm³/mol. The summed E-state index contributed by atoms with van der Waals surface area (Å²) in [5, 5.41) is 7.17. The molecule has 5 heteroatoms. The molecular formula is C14H17ClN2O2. The van der Waals surface area contributed by atoms with Crippen molar-refractivity contribution in [1.29, 1.82) is 0 Å². The van der Waals surface area contributed by atoms with Gasteiger partial charge in [0, 0.05) is 18.0 Å². The summed E-state index contributed by atoms with van der Waals surface area (Å²) in [6, 6.07) is 7.92. The normalized spacial score (nSPS) is 18.3. The monoisotopic (exact) mass is 280 g/mol. The minimum absolute atomic E-state index is 0. The molecule has 1 amide bonds. The molecule has 3 rings (SSSR count). The van der Waals surface area contributed by atoms with E-state index in [4.69, 9.17) is 4.42 Å². The average molecular weight is 281 g/mol. The summed E-state index contributed by atoms with van der Waals surface area (Å²) in [4.78, 5) is 12.0. The Bertz CT molecular complexity index is 588. The average Bonchev–Trinajstić information content (AvgIpc) is 2.96. The van der Waals surface area contributed by atoms with Crippen LogP contribution in [-0.4, -0.2) is 25.0 Å². The lowest BCUT2D eigenvalue weighted by Gasteiger charge is -2.08. The van der Waals surface area contributed by atoms with Crippen LogP contribution in [0.1, 0.15) is 22.5 Å². The highest BCUT2D eigenvalue weighted by Gasteiger charge is 2.19. The molecule has 0 radical (unpaired) electrons. The van der Waals surface area contributed by atoms with Crippen molar-refractivity contribution < 1.29 is 9.21 Å². The van der Waals surface area contributed by atoms with Crippen molar-refractivity contribution in [3.8, 4) is 0 Å². The number of rotatable bonds is 2. The van der Waals surface area contributed by atoms with Crippen LogP contribution >= 0.6 is 12.4 Å². The van der Waals surface area contributed by atoms with E-state index < -0.39 is 0 Å². The molecule has 0 spiro atoms. The third kappa shape index (κ3) is 2.91. The van der Waals surface area contributed by atoms with E-state index >= 15 is 0 Å². The van der Waals surface area contributed by atoms with Gasteiger partial charge in [-0.2, -0.15) is 0 Å². The first-order valence-corrected chi connectivity index (χ1v) is 6.24. The zero-order chi connectivity index (χ0) is 12.5. The van der Waals surface area contributed by atoms with Gasteiger partial charge in [-0.05, 0) is 38.1 Å². The lowest BCUT2D eigenvalue weighted by Crippen LogP contribution is -2.35. The minimum Gasteiger partial charge on any atom is -0.451 e. The molecule has 2 N–H and O–H groups in total. The third-order valence-electron chi connectivity index (χ3n) is 3.29. The third-order valence-corrected chi connectivity index (χ3v) is 3.29. The van der Waals surface area contributed by atoms with Gasteiger partial charge >= 0.3 is 0 Å². The maximum atomic E-state index is 12.0. The van der Waals surface area contributed by atoms with E-state index in [1.165, 1.54) is 0 Å². The Hall–Kier alpha value is -1.52. The Morgan fingerprint density at radius 1 is 1.42 bits per heavy atom. The molecule has 0 bridgehead atoms. The van der Waals surface area contributed by atoms with Crippen LogP contribution < -0.4 is 10.6 Å². The molecule has 2 heterocycles. The van der Waals surface area contributed by atoms with Crippen LogP contribution in [0.3, 0.4) is 0 Å². The summed E-state index contributed by atoms with van der Waals surface area (Å²) in [5.41, 5.74) is 1.92. The van der Waals surface area contributed by atoms with E-state index in [1.807, 2.05) is 25.1 Å². The van der Waals surface area contributed by atoms with Gasteiger partial charge in [-0.1, -0.05) is 11.6 Å². The first-order chi connectivity index (χ1) is 8.72. The molecule has 0 saturated carbocycles. The summed E-state index contributed by atoms with van der Waals surface area (Å²) in [6.07, 6.45) is 0.977. The molecule has 1 aromatic heterocycles. The maximum Gasteiger partial charge on any atom is 0.287 e. The van der Waals surface area contributed by atoms with Gasteiger partial charge in [0.15, 0.2) is 5.76 Å². The van der Waals surface area contributed by atoms with Crippen LogP contribution in [0, 0.1) is 6.92 Å². The summed E-state index contributed by atoms with van der Waals surface area (Å²) in [7, 11) is 0. The zero-order valence-corrected chi connectivity index (χ0v) is 11.5. The molecule has 1 unspecified atom stereocenters. The number of furan rings is 1. The van der Waals surface area contributed by atoms with Crippen molar-refractivity contribution in [3.63, 3.8) is 0 Å². The number of halogens is 1. The Kier molecular flexibility index (Phi) is 4.12. The van der Waals surface area contributed by atoms with Crippen molar-refractivity contribution in [1.82, 2.24) is 10.6 Å². The van der Waals surface area contributed by atoms with Gasteiger partial charge in [-0.3, -0.25) is 4.79 Å². The summed E-state index contributed by atoms with van der Waals surface area (Å²) in [6.45, 7) is 3.83. The van der Waals surface area contributed by atoms with E-state index in [0.29, 0.717) is 5.76 Å². The standard InChI is InChI=1S/C14H16N2O2.ClH/c1-9-2-3-12-10(6-9)7-13(18-12)14(17)16-11-4-5-15-8-11;/h2-3,6-7,11,15H,4-5,8H2,1H3,(H,16,17);1H. The second-order valence-corrected chi connectivity index (χ2v) is 4.82. The van der Waals surface area contributed by atoms with Gasteiger partial charge in [-0.15, -0.1) is 12.4 Å². The Morgan fingerprint density at radius 3 is 3.00 bits per heavy atom. The van der Waals surface area contributed by atoms with Gasteiger partial charge in [0.25, 0.3) is 5.91 Å². The number of benzene rings is 1. The lowest BCUT2D eigenvalue weighted by atomic mass is 10.2. The van der Waals surface area contributed by atoms with E-state index in [-0.39, 0.29) is 24.4 Å². The first kappa shape index (κ1) is 13.9. The SMILES string of the molecule is Cc1ccc2oc(C(=O)NC3CCNC3)cc2c1.Cl. The lowest BCUT2D eigenvalue weighted by molar-refractivity contribution is 0.0914. The maximum absolute atomic E-state index is 12.0. The molecule has 1 atom stereocenters. The molecular weight excluding hydrogens is 264 g/mol. The molecule has 1 aromatic carbocycles. The first-order valence-electron chi connectivity index (χ1n) is 6.24. The number of carbonyl (C=O) groups excluding carboxylic acids is 1. The molecule has 1 aliphatic heterocycles. The van der Waals surface area contributed by atoms with Gasteiger partial charge in [-0.25, -0.2) is 0 Å². The second kappa shape index (κ2) is 5.63. The highest BCUT2D eigenvalue weighted by molar-refractivity contribution is 5.96. The van der Waals surface area contributed by atoms with E-state index in [9.17, 15) is 4.79 Å². The number of amides is 1. The largest absolute Gasteiger partial charge is 0.451 e. The molecule has 102 valence electrons. The predicted octanol–water partition coefficient (Wildman–Crippen LogP) is 2.25. The number of hydrogen-bond donors (Lipinski definition) is 2. The van der Waals surface area contributed by atoms with Crippen LogP contribution in [0.5, 0.6) is 0 Å². The van der Waals surface area contributed by atoms with Crippen LogP contribution in [0.4, 0.5) is 0 Å². The zero-order valence-electron chi connectivity index (χ0n) is 10.7. The molecule has 0 aliphatic carbocycles. The van der Waals surface area contributed by atoms with Crippen LogP contribution in [0.25, 0.3) is 11.0 Å². The number of nitrogens with one attached hydrogen (secondary N) is 2. The fourth-order valence-electron chi connectivity index (χ4n) is 2.31. The van der Waals surface area contributed by atoms with Gasteiger partial charge in [0.2, 0.25) is 0 Å². The molecule has 1 saturated heterocycles. The van der Waals surface area contributed by atoms with Crippen molar-refractivity contribution in [2.45, 2.75) is 19.4 Å². The van der Waals surface area contributed by atoms with Crippen LogP contribution in [0.2, 0.25) is 0 Å². The van der Waals surface area contributed by atoms with Gasteiger partial charge < -0.3 is 15.1 Å². The topological polar surface area (TPSA) is 54.3 Å². The molecule has 4 nitrogen and oxygen atoms in total. The van der Waals surface area contributed by atoms with Crippen molar-refractivity contribution in [3.05, 3.63) is 35.6 Å². The van der Waals surface area contributed by atoms with E-state index in [2.05, 4.69) is 10.6 Å². The van der Waals surface area contributed by atoms with Crippen LogP contribution in [0.15, 0.2) is 28.7 Å². The number of hydrogen-bond acceptors (Lipinski definition) is 3. The second-order valence-electron chi connectivity index (χ2n) is 4.82. The number of carbonyl (C=O) groups is 1. The fourth-order valence-corrected chi connectivity index (χ4v) is 2.31. The quantitative estimate of drug-likeness (QED) is 0.887. The Morgan fingerprint density at radius 2 is 2.26 bits per heavy atom. The highest BCUT2D eigenvalue weighted by atomic mass is 35.5. The Labute approximate surface area is 118 Å². The molecule has 1 fully saturated rings. The molecule has 1 aliphatic rings. The molecule has 2 aromatic rings. The van der Waals surface area contributed by atoms with Crippen molar-refractivity contribution >= 4 is 29.3 Å². The van der Waals surface area contributed by atoms with E-state index in [1.54, 1.807) is 6.07 Å². The summed E-state index contributed by atoms with van der Waals surface area (Å²) in [5.74, 6) is 0.264. The van der Waals surface area contributed by atoms with Gasteiger partial charge in [0.05, 0.1) is 0 Å². The Balaban J connectivity index is 0.00000133. The van der Waals surface area contributed by atoms with E-state index in [0.717, 1.165) is 36.0 Å². The summed E-state index contributed by atoms with van der Waals surface area (Å²) < 4.78 is 5.56. The number of aryl methyl sites for hydroxylation is 1. The van der Waals surface area contributed by atoms with Crippen LogP contribution in [-0.2, 0) is 0 Å². The smallest absolute Gasteiger partial charge is 0.287 e. The highest BCUT2D eigenvalue weighted by Crippen LogP contribution is 2.20. The molecule has 19 heavy (non-hydrogen) atoms. The van der Waals surface area contributed by atoms with Crippen molar-refractivity contribution in [2.75, 3.05) is 13.1 Å².